The van der Waals surface area contributed by atoms with E-state index in [1.54, 1.807) is 43.5 Å². The number of hydrogen-bond donors (Lipinski definition) is 2. The number of para-hydroxylation sites is 1. The molecule has 0 spiro atoms. The topological polar surface area (TPSA) is 94.9 Å². The van der Waals surface area contributed by atoms with Crippen molar-refractivity contribution in [3.8, 4) is 16.9 Å². The van der Waals surface area contributed by atoms with Gasteiger partial charge in [0.1, 0.15) is 23.8 Å². The molecule has 4 aromatic rings. The summed E-state index contributed by atoms with van der Waals surface area (Å²) in [5, 5.41) is 10.1. The molecule has 1 unspecified atom stereocenters. The van der Waals surface area contributed by atoms with E-state index in [4.69, 9.17) is 19.6 Å². The first-order valence-corrected chi connectivity index (χ1v) is 13.0. The van der Waals surface area contributed by atoms with Crippen LogP contribution in [0, 0.1) is 11.7 Å². The van der Waals surface area contributed by atoms with E-state index >= 15 is 4.39 Å². The van der Waals surface area contributed by atoms with Crippen LogP contribution in [0.1, 0.15) is 48.1 Å². The average molecular weight is 518 g/mol. The molecule has 1 aromatic heterocycles. The molecule has 1 aliphatic rings. The lowest BCUT2D eigenvalue weighted by molar-refractivity contribution is -0.136. The molecule has 7 heteroatoms. The van der Waals surface area contributed by atoms with Crippen molar-refractivity contribution >= 4 is 16.9 Å². The van der Waals surface area contributed by atoms with Gasteiger partial charge >= 0.3 is 5.97 Å². The summed E-state index contributed by atoms with van der Waals surface area (Å²) in [6.07, 6.45) is 4.29. The van der Waals surface area contributed by atoms with E-state index < -0.39 is 12.0 Å². The Hall–Kier alpha value is -3.68. The molecule has 3 aromatic carbocycles. The van der Waals surface area contributed by atoms with Crippen molar-refractivity contribution in [2.45, 2.75) is 45.3 Å². The monoisotopic (exact) mass is 517 g/mol. The maximum atomic E-state index is 15.6. The first-order chi connectivity index (χ1) is 18.4. The Kier molecular flexibility index (Phi) is 7.77. The van der Waals surface area contributed by atoms with Crippen LogP contribution < -0.4 is 10.5 Å². The van der Waals surface area contributed by atoms with E-state index in [2.05, 4.69) is 0 Å². The van der Waals surface area contributed by atoms with Crippen LogP contribution in [0.25, 0.3) is 22.1 Å². The minimum atomic E-state index is -0.923. The standard InChI is InChI=1S/C31H32FNO5/c1-19(33)25-6-4-7-26(30(25)32)22-14-23(13-20-9-11-36-12-10-20)31-27(15-22)24(18-38-31)17-37-28-8-3-2-5-21(28)16-29(34)35/h2-8,14-15,18-20H,9-13,16-17,33H2,1H3,(H,34,35). The van der Waals surface area contributed by atoms with Gasteiger partial charge in [0.05, 0.1) is 12.7 Å². The number of benzene rings is 3. The first kappa shape index (κ1) is 25.9. The third-order valence-corrected chi connectivity index (χ3v) is 7.21. The van der Waals surface area contributed by atoms with Gasteiger partial charge in [0.25, 0.3) is 0 Å². The molecule has 198 valence electrons. The fourth-order valence-electron chi connectivity index (χ4n) is 5.17. The molecule has 1 saturated heterocycles. The highest BCUT2D eigenvalue weighted by atomic mass is 19.1. The van der Waals surface area contributed by atoms with E-state index in [9.17, 15) is 9.90 Å². The lowest BCUT2D eigenvalue weighted by Gasteiger charge is -2.22. The van der Waals surface area contributed by atoms with Gasteiger partial charge in [-0.05, 0) is 61.4 Å². The largest absolute Gasteiger partial charge is 0.488 e. The first-order valence-electron chi connectivity index (χ1n) is 13.0. The second-order valence-corrected chi connectivity index (χ2v) is 10.00. The molecular formula is C31H32FNO5. The van der Waals surface area contributed by atoms with Crippen molar-refractivity contribution in [2.24, 2.45) is 11.7 Å². The molecule has 0 saturated carbocycles. The third-order valence-electron chi connectivity index (χ3n) is 7.21. The highest BCUT2D eigenvalue weighted by molar-refractivity contribution is 5.89. The summed E-state index contributed by atoms with van der Waals surface area (Å²) in [7, 11) is 0. The molecule has 1 atom stereocenters. The number of halogens is 1. The molecule has 1 fully saturated rings. The smallest absolute Gasteiger partial charge is 0.307 e. The van der Waals surface area contributed by atoms with Crippen molar-refractivity contribution < 1.29 is 28.2 Å². The van der Waals surface area contributed by atoms with E-state index in [0.29, 0.717) is 28.4 Å². The number of rotatable bonds is 9. The van der Waals surface area contributed by atoms with Gasteiger partial charge in [-0.15, -0.1) is 0 Å². The normalized spacial score (nSPS) is 15.0. The summed E-state index contributed by atoms with van der Waals surface area (Å²) in [4.78, 5) is 11.3. The molecule has 1 aliphatic heterocycles. The van der Waals surface area contributed by atoms with Crippen molar-refractivity contribution in [2.75, 3.05) is 13.2 Å². The predicted molar refractivity (Wildman–Crippen MR) is 144 cm³/mol. The summed E-state index contributed by atoms with van der Waals surface area (Å²) >= 11 is 0. The Bertz CT molecular complexity index is 1440. The van der Waals surface area contributed by atoms with E-state index in [0.717, 1.165) is 60.1 Å². The summed E-state index contributed by atoms with van der Waals surface area (Å²) in [6.45, 7) is 3.44. The van der Waals surface area contributed by atoms with E-state index in [1.807, 2.05) is 24.3 Å². The van der Waals surface area contributed by atoms with Gasteiger partial charge in [-0.2, -0.15) is 0 Å². The Morgan fingerprint density at radius 1 is 1.11 bits per heavy atom. The summed E-state index contributed by atoms with van der Waals surface area (Å²) < 4.78 is 33.2. The highest BCUT2D eigenvalue weighted by Gasteiger charge is 2.21. The Morgan fingerprint density at radius 2 is 1.89 bits per heavy atom. The maximum Gasteiger partial charge on any atom is 0.307 e. The third kappa shape index (κ3) is 5.59. The molecule has 0 aliphatic carbocycles. The van der Waals surface area contributed by atoms with Crippen molar-refractivity contribution in [1.29, 1.82) is 0 Å². The molecular weight excluding hydrogens is 485 g/mol. The van der Waals surface area contributed by atoms with Crippen LogP contribution in [0.15, 0.2) is 65.3 Å². The highest BCUT2D eigenvalue weighted by Crippen LogP contribution is 2.36. The number of hydrogen-bond acceptors (Lipinski definition) is 5. The van der Waals surface area contributed by atoms with E-state index in [-0.39, 0.29) is 18.8 Å². The summed E-state index contributed by atoms with van der Waals surface area (Å²) in [5.74, 6) is -0.273. The minimum absolute atomic E-state index is 0.128. The van der Waals surface area contributed by atoms with Crippen LogP contribution in [0.3, 0.4) is 0 Å². The number of nitrogens with two attached hydrogens (primary N) is 1. The number of carboxylic acid groups (broad SMARTS) is 1. The summed E-state index contributed by atoms with van der Waals surface area (Å²) in [6, 6.07) is 16.0. The Balaban J connectivity index is 1.54. The number of furan rings is 1. The maximum absolute atomic E-state index is 15.6. The second kappa shape index (κ2) is 11.4. The van der Waals surface area contributed by atoms with Crippen molar-refractivity contribution in [3.05, 3.63) is 88.9 Å². The van der Waals surface area contributed by atoms with Crippen LogP contribution in [-0.2, 0) is 29.0 Å². The van der Waals surface area contributed by atoms with Crippen LogP contribution in [0.4, 0.5) is 4.39 Å². The molecule has 6 nitrogen and oxygen atoms in total. The zero-order valence-corrected chi connectivity index (χ0v) is 21.4. The molecule has 0 amide bonds. The number of carboxylic acids is 1. The molecule has 0 radical (unpaired) electrons. The molecule has 38 heavy (non-hydrogen) atoms. The average Bonchev–Trinajstić information content (AvgIpc) is 3.31. The number of fused-ring (bicyclic) bond motifs is 1. The summed E-state index contributed by atoms with van der Waals surface area (Å²) in [5.41, 5.74) is 11.0. The number of carbonyl (C=O) groups is 1. The van der Waals surface area contributed by atoms with Crippen LogP contribution >= 0.6 is 0 Å². The molecule has 5 rings (SSSR count). The quantitative estimate of drug-likeness (QED) is 0.266. The van der Waals surface area contributed by atoms with Crippen LogP contribution in [-0.4, -0.2) is 24.3 Å². The van der Waals surface area contributed by atoms with Gasteiger partial charge in [0, 0.05) is 46.9 Å². The van der Waals surface area contributed by atoms with Gasteiger partial charge in [0.15, 0.2) is 0 Å². The predicted octanol–water partition coefficient (Wildman–Crippen LogP) is 6.43. The van der Waals surface area contributed by atoms with Gasteiger partial charge in [-0.25, -0.2) is 4.39 Å². The van der Waals surface area contributed by atoms with Gasteiger partial charge < -0.3 is 24.7 Å². The molecule has 3 N–H and O–H groups in total. The van der Waals surface area contributed by atoms with E-state index in [1.165, 1.54) is 0 Å². The fraction of sp³-hybridized carbons (Fsp3) is 0.323. The number of aliphatic carboxylic acids is 1. The molecule has 2 heterocycles. The van der Waals surface area contributed by atoms with Gasteiger partial charge in [-0.1, -0.05) is 36.4 Å². The van der Waals surface area contributed by atoms with Crippen LogP contribution in [0.2, 0.25) is 0 Å². The fourth-order valence-corrected chi connectivity index (χ4v) is 5.17. The Morgan fingerprint density at radius 3 is 2.66 bits per heavy atom. The minimum Gasteiger partial charge on any atom is -0.488 e. The zero-order valence-electron chi connectivity index (χ0n) is 21.4. The number of ether oxygens (including phenoxy) is 2. The van der Waals surface area contributed by atoms with Crippen LogP contribution in [0.5, 0.6) is 5.75 Å². The molecule has 0 bridgehead atoms. The van der Waals surface area contributed by atoms with Crippen molar-refractivity contribution in [1.82, 2.24) is 0 Å². The SMILES string of the molecule is CC(N)c1cccc(-c2cc(CC3CCOCC3)c3occ(COc4ccccc4CC(=O)O)c3c2)c1F. The van der Waals surface area contributed by atoms with Gasteiger partial charge in [0.2, 0.25) is 0 Å². The zero-order chi connectivity index (χ0) is 26.6. The lowest BCUT2D eigenvalue weighted by Crippen LogP contribution is -2.17. The second-order valence-electron chi connectivity index (χ2n) is 10.00. The van der Waals surface area contributed by atoms with Crippen molar-refractivity contribution in [3.63, 3.8) is 0 Å². The Labute approximate surface area is 221 Å². The lowest BCUT2D eigenvalue weighted by atomic mass is 9.89. The van der Waals surface area contributed by atoms with Gasteiger partial charge in [-0.3, -0.25) is 4.79 Å².